The third kappa shape index (κ3) is 5.15. The molecule has 2 amide bonds. The van der Waals surface area contributed by atoms with Gasteiger partial charge in [-0.15, -0.1) is 0 Å². The second-order valence-corrected chi connectivity index (χ2v) is 5.62. The topological polar surface area (TPSA) is 109 Å². The summed E-state index contributed by atoms with van der Waals surface area (Å²) < 4.78 is 10.7. The Balaban J connectivity index is 2.02. The molecule has 1 aromatic rings. The summed E-state index contributed by atoms with van der Waals surface area (Å²) in [6, 6.07) is 3.20. The molecule has 0 saturated carbocycles. The summed E-state index contributed by atoms with van der Waals surface area (Å²) >= 11 is 0. The second-order valence-electron chi connectivity index (χ2n) is 5.62. The van der Waals surface area contributed by atoms with Crippen molar-refractivity contribution < 1.29 is 29.0 Å². The molecule has 1 atom stereocenters. The van der Waals surface area contributed by atoms with E-state index < -0.39 is 18.6 Å². The van der Waals surface area contributed by atoms with Crippen molar-refractivity contribution in [2.75, 3.05) is 39.9 Å². The zero-order chi connectivity index (χ0) is 18.4. The molecular formula is C16H21N3O6. The number of ether oxygens (including phenoxy) is 2. The quantitative estimate of drug-likeness (QED) is 0.760. The highest BCUT2D eigenvalue weighted by Gasteiger charge is 2.28. The molecule has 9 heteroatoms. The van der Waals surface area contributed by atoms with Gasteiger partial charge in [-0.05, 0) is 6.07 Å². The van der Waals surface area contributed by atoms with Crippen molar-refractivity contribution in [3.05, 3.63) is 24.0 Å². The van der Waals surface area contributed by atoms with Gasteiger partial charge in [0.15, 0.2) is 0 Å². The molecule has 136 valence electrons. The number of morpholine rings is 1. The molecule has 1 unspecified atom stereocenters. The van der Waals surface area contributed by atoms with Crippen molar-refractivity contribution >= 4 is 17.8 Å². The van der Waals surface area contributed by atoms with Gasteiger partial charge in [-0.2, -0.15) is 0 Å². The second kappa shape index (κ2) is 8.43. The summed E-state index contributed by atoms with van der Waals surface area (Å²) in [5.41, 5.74) is 0.258. The summed E-state index contributed by atoms with van der Waals surface area (Å²) in [6.07, 6.45) is 1.04. The molecule has 1 aromatic heterocycles. The molecule has 1 aliphatic rings. The Morgan fingerprint density at radius 1 is 1.48 bits per heavy atom. The predicted octanol–water partition coefficient (Wildman–Crippen LogP) is -0.136. The number of rotatable bonds is 6. The smallest absolute Gasteiger partial charge is 0.323 e. The van der Waals surface area contributed by atoms with Crippen LogP contribution >= 0.6 is 0 Å². The zero-order valence-electron chi connectivity index (χ0n) is 14.2. The number of carboxylic acid groups (broad SMARTS) is 1. The molecule has 0 spiro atoms. The SMILES string of the molecule is COc1ccnc(C(=O)N2CCOC(CN(CC(=O)O)C(C)=O)C2)c1. The summed E-state index contributed by atoms with van der Waals surface area (Å²) in [5, 5.41) is 8.88. The van der Waals surface area contributed by atoms with Crippen molar-refractivity contribution in [2.24, 2.45) is 0 Å². The number of hydrogen-bond acceptors (Lipinski definition) is 6. The average Bonchev–Trinajstić information content (AvgIpc) is 2.60. The van der Waals surface area contributed by atoms with Crippen LogP contribution in [0.4, 0.5) is 0 Å². The molecule has 2 rings (SSSR count). The van der Waals surface area contributed by atoms with Gasteiger partial charge in [-0.3, -0.25) is 19.4 Å². The number of nitrogens with zero attached hydrogens (tertiary/aromatic N) is 3. The average molecular weight is 351 g/mol. The summed E-state index contributed by atoms with van der Waals surface area (Å²) in [4.78, 5) is 41.8. The maximum atomic E-state index is 12.6. The van der Waals surface area contributed by atoms with Crippen LogP contribution in [0.2, 0.25) is 0 Å². The number of methoxy groups -OCH3 is 1. The maximum Gasteiger partial charge on any atom is 0.323 e. The fourth-order valence-corrected chi connectivity index (χ4v) is 2.54. The number of carboxylic acids is 1. The Hall–Kier alpha value is -2.68. The van der Waals surface area contributed by atoms with Crippen molar-refractivity contribution in [1.29, 1.82) is 0 Å². The Labute approximate surface area is 145 Å². The monoisotopic (exact) mass is 351 g/mol. The first-order valence-corrected chi connectivity index (χ1v) is 7.79. The van der Waals surface area contributed by atoms with Crippen LogP contribution in [0, 0.1) is 0 Å². The zero-order valence-corrected chi connectivity index (χ0v) is 14.2. The number of aromatic nitrogens is 1. The van der Waals surface area contributed by atoms with E-state index >= 15 is 0 Å². The molecule has 1 N–H and O–H groups in total. The van der Waals surface area contributed by atoms with Gasteiger partial charge < -0.3 is 24.4 Å². The van der Waals surface area contributed by atoms with Crippen LogP contribution in [0.15, 0.2) is 18.3 Å². The van der Waals surface area contributed by atoms with E-state index in [0.29, 0.717) is 18.9 Å². The van der Waals surface area contributed by atoms with Crippen LogP contribution in [-0.4, -0.2) is 83.7 Å². The van der Waals surface area contributed by atoms with Gasteiger partial charge in [0.2, 0.25) is 5.91 Å². The van der Waals surface area contributed by atoms with Gasteiger partial charge in [0.1, 0.15) is 18.0 Å². The highest BCUT2D eigenvalue weighted by molar-refractivity contribution is 5.92. The minimum absolute atomic E-state index is 0.108. The fraction of sp³-hybridized carbons (Fsp3) is 0.500. The molecule has 1 aliphatic heterocycles. The van der Waals surface area contributed by atoms with E-state index in [0.717, 1.165) is 0 Å². The van der Waals surface area contributed by atoms with Crippen LogP contribution in [0.3, 0.4) is 0 Å². The van der Waals surface area contributed by atoms with E-state index in [1.54, 1.807) is 17.0 Å². The molecule has 1 fully saturated rings. The number of amides is 2. The molecule has 0 aromatic carbocycles. The van der Waals surface area contributed by atoms with Gasteiger partial charge >= 0.3 is 5.97 Å². The summed E-state index contributed by atoms with van der Waals surface area (Å²) in [6.45, 7) is 1.96. The minimum atomic E-state index is -1.10. The van der Waals surface area contributed by atoms with Crippen LogP contribution in [-0.2, 0) is 14.3 Å². The lowest BCUT2D eigenvalue weighted by Gasteiger charge is -2.35. The number of aliphatic carboxylic acids is 1. The van der Waals surface area contributed by atoms with Crippen molar-refractivity contribution in [3.63, 3.8) is 0 Å². The van der Waals surface area contributed by atoms with E-state index in [2.05, 4.69) is 4.98 Å². The Morgan fingerprint density at radius 2 is 2.24 bits per heavy atom. The molecule has 0 radical (unpaired) electrons. The Morgan fingerprint density at radius 3 is 2.88 bits per heavy atom. The van der Waals surface area contributed by atoms with Gasteiger partial charge in [-0.1, -0.05) is 0 Å². The van der Waals surface area contributed by atoms with Crippen LogP contribution in [0.5, 0.6) is 5.75 Å². The largest absolute Gasteiger partial charge is 0.497 e. The summed E-state index contributed by atoms with van der Waals surface area (Å²) in [7, 11) is 1.51. The Bertz CT molecular complexity index is 651. The van der Waals surface area contributed by atoms with E-state index in [9.17, 15) is 14.4 Å². The maximum absolute atomic E-state index is 12.6. The van der Waals surface area contributed by atoms with Crippen LogP contribution in [0.1, 0.15) is 17.4 Å². The minimum Gasteiger partial charge on any atom is -0.497 e. The molecule has 1 saturated heterocycles. The molecule has 0 bridgehead atoms. The van der Waals surface area contributed by atoms with Crippen molar-refractivity contribution in [3.8, 4) is 5.75 Å². The van der Waals surface area contributed by atoms with Crippen molar-refractivity contribution in [1.82, 2.24) is 14.8 Å². The first-order chi connectivity index (χ1) is 11.9. The first-order valence-electron chi connectivity index (χ1n) is 7.79. The van der Waals surface area contributed by atoms with E-state index in [-0.39, 0.29) is 30.6 Å². The van der Waals surface area contributed by atoms with Crippen LogP contribution < -0.4 is 4.74 Å². The lowest BCUT2D eigenvalue weighted by Crippen LogP contribution is -2.51. The van der Waals surface area contributed by atoms with Gasteiger partial charge in [0.25, 0.3) is 5.91 Å². The number of carbonyl (C=O) groups is 3. The van der Waals surface area contributed by atoms with Crippen molar-refractivity contribution in [2.45, 2.75) is 13.0 Å². The van der Waals surface area contributed by atoms with Gasteiger partial charge in [0, 0.05) is 38.8 Å². The molecule has 9 nitrogen and oxygen atoms in total. The lowest BCUT2D eigenvalue weighted by atomic mass is 10.2. The molecular weight excluding hydrogens is 330 g/mol. The highest BCUT2D eigenvalue weighted by atomic mass is 16.5. The van der Waals surface area contributed by atoms with E-state index in [4.69, 9.17) is 14.6 Å². The van der Waals surface area contributed by atoms with E-state index in [1.807, 2.05) is 0 Å². The normalized spacial score (nSPS) is 17.0. The molecule has 0 aliphatic carbocycles. The predicted molar refractivity (Wildman–Crippen MR) is 86.3 cm³/mol. The standard InChI is InChI=1S/C16H21N3O6/c1-11(20)19(10-15(21)22)9-13-8-18(5-6-25-13)16(23)14-7-12(24-2)3-4-17-14/h3-4,7,13H,5-6,8-10H2,1-2H3,(H,21,22). The summed E-state index contributed by atoms with van der Waals surface area (Å²) in [5.74, 6) is -1.18. The number of carbonyl (C=O) groups excluding carboxylic acids is 2. The lowest BCUT2D eigenvalue weighted by molar-refractivity contribution is -0.145. The Kier molecular flexibility index (Phi) is 6.29. The molecule has 2 heterocycles. The van der Waals surface area contributed by atoms with Gasteiger partial charge in [0.05, 0.1) is 19.8 Å². The van der Waals surface area contributed by atoms with Gasteiger partial charge in [-0.25, -0.2) is 0 Å². The third-order valence-electron chi connectivity index (χ3n) is 3.81. The highest BCUT2D eigenvalue weighted by Crippen LogP contribution is 2.15. The third-order valence-corrected chi connectivity index (χ3v) is 3.81. The number of hydrogen-bond donors (Lipinski definition) is 1. The first kappa shape index (κ1) is 18.7. The van der Waals surface area contributed by atoms with Crippen LogP contribution in [0.25, 0.3) is 0 Å². The van der Waals surface area contributed by atoms with E-state index in [1.165, 1.54) is 25.1 Å². The fourth-order valence-electron chi connectivity index (χ4n) is 2.54. The molecule has 25 heavy (non-hydrogen) atoms. The number of pyridine rings is 1.